The number of nitrogens with zero attached hydrogens (tertiary/aromatic N) is 1. The lowest BCUT2D eigenvalue weighted by atomic mass is 9.67. The Balaban J connectivity index is 1.11. The largest absolute Gasteiger partial charge is 0.309 e. The van der Waals surface area contributed by atoms with Crippen molar-refractivity contribution in [3.05, 3.63) is 307 Å². The number of benzene rings is 12. The van der Waals surface area contributed by atoms with Gasteiger partial charge in [-0.25, -0.2) is 0 Å². The third-order valence-electron chi connectivity index (χ3n) is 14.5. The molecule has 0 spiro atoms. The van der Waals surface area contributed by atoms with Crippen LogP contribution in [-0.4, -0.2) is 0 Å². The Hall–Kier alpha value is -9.04. The number of para-hydroxylation sites is 1. The van der Waals surface area contributed by atoms with E-state index < -0.39 is 5.41 Å². The van der Waals surface area contributed by atoms with Gasteiger partial charge < -0.3 is 4.90 Å². The normalized spacial score (nSPS) is 12.4. The Morgan fingerprint density at radius 3 is 1.37 bits per heavy atom. The molecule has 70 heavy (non-hydrogen) atoms. The molecule has 13 rings (SSSR count). The van der Waals surface area contributed by atoms with E-state index in [0.717, 1.165) is 33.8 Å². The molecule has 0 unspecified atom stereocenters. The lowest BCUT2D eigenvalue weighted by Gasteiger charge is -2.36. The summed E-state index contributed by atoms with van der Waals surface area (Å²) >= 11 is 0. The second-order valence-electron chi connectivity index (χ2n) is 18.3. The van der Waals surface area contributed by atoms with Gasteiger partial charge in [-0.05, 0) is 107 Å². The number of rotatable bonds is 9. The number of anilines is 3. The van der Waals surface area contributed by atoms with Crippen molar-refractivity contribution in [3.63, 3.8) is 0 Å². The molecule has 0 saturated carbocycles. The van der Waals surface area contributed by atoms with Gasteiger partial charge in [-0.3, -0.25) is 0 Å². The summed E-state index contributed by atoms with van der Waals surface area (Å²) in [5.41, 5.74) is 19.7. The van der Waals surface area contributed by atoms with Crippen molar-refractivity contribution in [2.75, 3.05) is 4.90 Å². The minimum Gasteiger partial charge on any atom is -0.309 e. The van der Waals surface area contributed by atoms with Crippen molar-refractivity contribution < 1.29 is 0 Å². The second kappa shape index (κ2) is 17.2. The molecule has 1 heteroatoms. The van der Waals surface area contributed by atoms with Gasteiger partial charge in [0.05, 0.1) is 16.8 Å². The molecule has 1 nitrogen and oxygen atoms in total. The fourth-order valence-corrected chi connectivity index (χ4v) is 11.5. The van der Waals surface area contributed by atoms with Crippen LogP contribution in [0.2, 0.25) is 0 Å². The topological polar surface area (TPSA) is 3.24 Å². The molecule has 0 atom stereocenters. The molecule has 0 aromatic heterocycles. The molecule has 0 fully saturated rings. The maximum atomic E-state index is 2.58. The molecule has 0 saturated heterocycles. The fourth-order valence-electron chi connectivity index (χ4n) is 11.5. The predicted octanol–water partition coefficient (Wildman–Crippen LogP) is 18.5. The summed E-state index contributed by atoms with van der Waals surface area (Å²) in [4.78, 5) is 2.58. The van der Waals surface area contributed by atoms with Gasteiger partial charge in [0, 0.05) is 22.2 Å². The van der Waals surface area contributed by atoms with Crippen LogP contribution in [-0.2, 0) is 5.41 Å². The Bertz CT molecular complexity index is 3820. The zero-order valence-electron chi connectivity index (χ0n) is 38.6. The molecule has 0 aliphatic heterocycles. The van der Waals surface area contributed by atoms with Crippen molar-refractivity contribution in [2.24, 2.45) is 0 Å². The van der Waals surface area contributed by atoms with Crippen LogP contribution in [0.1, 0.15) is 22.3 Å². The molecule has 328 valence electrons. The van der Waals surface area contributed by atoms with Crippen LogP contribution in [0, 0.1) is 0 Å². The van der Waals surface area contributed by atoms with Crippen LogP contribution in [0.5, 0.6) is 0 Å². The van der Waals surface area contributed by atoms with Crippen molar-refractivity contribution in [2.45, 2.75) is 5.41 Å². The third-order valence-corrected chi connectivity index (χ3v) is 14.5. The van der Waals surface area contributed by atoms with Gasteiger partial charge in [0.15, 0.2) is 0 Å². The summed E-state index contributed by atoms with van der Waals surface area (Å²) < 4.78 is 0. The molecule has 0 radical (unpaired) electrons. The van der Waals surface area contributed by atoms with Gasteiger partial charge in [0.1, 0.15) is 0 Å². The van der Waals surface area contributed by atoms with E-state index in [1.54, 1.807) is 0 Å². The van der Waals surface area contributed by atoms with Crippen LogP contribution >= 0.6 is 0 Å². The summed E-state index contributed by atoms with van der Waals surface area (Å²) in [6.45, 7) is 0. The van der Waals surface area contributed by atoms with Gasteiger partial charge >= 0.3 is 0 Å². The molecule has 1 aliphatic rings. The van der Waals surface area contributed by atoms with E-state index in [4.69, 9.17) is 0 Å². The number of hydrogen-bond acceptors (Lipinski definition) is 1. The van der Waals surface area contributed by atoms with E-state index in [1.165, 1.54) is 82.7 Å². The number of fused-ring (bicyclic) bond motifs is 6. The standard InChI is InChI=1S/C69H47N/c1-5-22-48(23-6-1)52-26-21-27-53(46-52)49-40-42-51(43-41-49)67-62-36-15-13-33-58(62)59-34-14-16-37-63(59)68(67)70(66-39-20-18-32-57(66)50-24-7-2-8-25-50)56-44-45-61-60-35-17-19-38-64(60)69(65(61)47-56,54-28-9-3-10-29-54)55-30-11-4-12-31-55/h1-47H. The van der Waals surface area contributed by atoms with Crippen molar-refractivity contribution >= 4 is 38.6 Å². The highest BCUT2D eigenvalue weighted by molar-refractivity contribution is 6.23. The van der Waals surface area contributed by atoms with E-state index >= 15 is 0 Å². The van der Waals surface area contributed by atoms with Gasteiger partial charge in [0.2, 0.25) is 0 Å². The Morgan fingerprint density at radius 1 is 0.257 bits per heavy atom. The summed E-state index contributed by atoms with van der Waals surface area (Å²) in [6.07, 6.45) is 0. The maximum Gasteiger partial charge on any atom is 0.0714 e. The lowest BCUT2D eigenvalue weighted by Crippen LogP contribution is -2.28. The minimum atomic E-state index is -0.572. The molecule has 12 aromatic rings. The van der Waals surface area contributed by atoms with Crippen molar-refractivity contribution in [1.82, 2.24) is 0 Å². The van der Waals surface area contributed by atoms with Gasteiger partial charge in [-0.15, -0.1) is 0 Å². The first-order valence-electron chi connectivity index (χ1n) is 24.3. The average Bonchev–Trinajstić information content (AvgIpc) is 3.74. The molecule has 1 aliphatic carbocycles. The van der Waals surface area contributed by atoms with E-state index in [1.807, 2.05) is 0 Å². The van der Waals surface area contributed by atoms with Crippen molar-refractivity contribution in [1.29, 1.82) is 0 Å². The molecule has 12 aromatic carbocycles. The predicted molar refractivity (Wildman–Crippen MR) is 295 cm³/mol. The van der Waals surface area contributed by atoms with Crippen LogP contribution in [0.3, 0.4) is 0 Å². The molecule has 0 amide bonds. The summed E-state index contributed by atoms with van der Waals surface area (Å²) in [5.74, 6) is 0. The zero-order chi connectivity index (χ0) is 46.4. The quantitative estimate of drug-likeness (QED) is 0.131. The van der Waals surface area contributed by atoms with Crippen LogP contribution in [0.25, 0.3) is 77.2 Å². The van der Waals surface area contributed by atoms with Crippen LogP contribution in [0.4, 0.5) is 17.1 Å². The van der Waals surface area contributed by atoms with E-state index in [9.17, 15) is 0 Å². The van der Waals surface area contributed by atoms with Gasteiger partial charge in [-0.2, -0.15) is 0 Å². The summed E-state index contributed by atoms with van der Waals surface area (Å²) in [5, 5.41) is 4.82. The van der Waals surface area contributed by atoms with Crippen LogP contribution in [0.15, 0.2) is 285 Å². The van der Waals surface area contributed by atoms with Gasteiger partial charge in [0.25, 0.3) is 0 Å². The molecular weight excluding hydrogens is 843 g/mol. The molecule has 0 bridgehead atoms. The molecule has 0 N–H and O–H groups in total. The van der Waals surface area contributed by atoms with E-state index in [0.29, 0.717) is 0 Å². The van der Waals surface area contributed by atoms with E-state index in [-0.39, 0.29) is 0 Å². The highest BCUT2D eigenvalue weighted by atomic mass is 15.1. The second-order valence-corrected chi connectivity index (χ2v) is 18.3. The Morgan fingerprint density at radius 2 is 0.714 bits per heavy atom. The smallest absolute Gasteiger partial charge is 0.0714 e. The maximum absolute atomic E-state index is 2.58. The average molecular weight is 890 g/mol. The Kier molecular flexibility index (Phi) is 10.1. The zero-order valence-corrected chi connectivity index (χ0v) is 38.6. The first kappa shape index (κ1) is 41.2. The molecular formula is C69H47N. The van der Waals surface area contributed by atoms with Crippen LogP contribution < -0.4 is 4.90 Å². The fraction of sp³-hybridized carbons (Fsp3) is 0.0145. The SMILES string of the molecule is c1ccc(-c2cccc(-c3ccc(-c4c(N(c5ccc6c(c5)C(c5ccccc5)(c5ccccc5)c5ccccc5-6)c5ccccc5-c5ccccc5)c5ccccc5c5ccccc45)cc3)c2)cc1. The monoisotopic (exact) mass is 889 g/mol. The lowest BCUT2D eigenvalue weighted by molar-refractivity contribution is 0.768. The first-order chi connectivity index (χ1) is 34.8. The summed E-state index contributed by atoms with van der Waals surface area (Å²) in [7, 11) is 0. The molecule has 0 heterocycles. The van der Waals surface area contributed by atoms with Gasteiger partial charge in [-0.1, -0.05) is 261 Å². The first-order valence-corrected chi connectivity index (χ1v) is 24.3. The summed E-state index contributed by atoms with van der Waals surface area (Å²) in [6, 6.07) is 105. The highest BCUT2D eigenvalue weighted by Gasteiger charge is 2.46. The van der Waals surface area contributed by atoms with Crippen molar-refractivity contribution in [3.8, 4) is 55.6 Å². The number of hydrogen-bond donors (Lipinski definition) is 0. The highest BCUT2D eigenvalue weighted by Crippen LogP contribution is 2.58. The Labute approximate surface area is 409 Å². The van der Waals surface area contributed by atoms with E-state index in [2.05, 4.69) is 290 Å². The minimum absolute atomic E-state index is 0.572. The third kappa shape index (κ3) is 6.70.